The van der Waals surface area contributed by atoms with Crippen molar-refractivity contribution in [2.45, 2.75) is 38.8 Å². The van der Waals surface area contributed by atoms with E-state index in [1.807, 2.05) is 6.20 Å². The molecule has 1 N–H and O–H groups in total. The first-order chi connectivity index (χ1) is 12.5. The van der Waals surface area contributed by atoms with E-state index in [2.05, 4.69) is 33.2 Å². The molecule has 1 unspecified atom stereocenters. The molecular weight excluding hydrogens is 371 g/mol. The Morgan fingerprint density at radius 2 is 1.88 bits per heavy atom. The summed E-state index contributed by atoms with van der Waals surface area (Å²) in [5, 5.41) is 11.2. The van der Waals surface area contributed by atoms with Gasteiger partial charge < -0.3 is 14.6 Å². The molecule has 2 aromatic rings. The molecule has 7 heteroatoms. The van der Waals surface area contributed by atoms with Gasteiger partial charge in [0, 0.05) is 56.7 Å². The van der Waals surface area contributed by atoms with Crippen LogP contribution in [0.4, 0.5) is 5.82 Å². The van der Waals surface area contributed by atoms with Gasteiger partial charge in [0.05, 0.1) is 16.2 Å². The molecule has 1 fully saturated rings. The van der Waals surface area contributed by atoms with Gasteiger partial charge in [0.25, 0.3) is 0 Å². The smallest absolute Gasteiger partial charge is 0.128 e. The molecule has 2 aliphatic heterocycles. The molecule has 140 valence electrons. The number of piperazine rings is 1. The Balaban J connectivity index is 1.54. The topological polar surface area (TPSA) is 44.5 Å². The number of aromatic nitrogens is 2. The van der Waals surface area contributed by atoms with Crippen molar-refractivity contribution in [1.82, 2.24) is 14.5 Å². The first-order valence-corrected chi connectivity index (χ1v) is 9.91. The van der Waals surface area contributed by atoms with Crippen LogP contribution in [-0.2, 0) is 13.0 Å². The van der Waals surface area contributed by atoms with Gasteiger partial charge in [-0.25, -0.2) is 4.98 Å². The van der Waals surface area contributed by atoms with Crippen molar-refractivity contribution < 1.29 is 5.11 Å². The minimum atomic E-state index is 0.0978. The maximum Gasteiger partial charge on any atom is 0.128 e. The Labute approximate surface area is 164 Å². The lowest BCUT2D eigenvalue weighted by atomic mass is 9.96. The van der Waals surface area contributed by atoms with Gasteiger partial charge >= 0.3 is 0 Å². The van der Waals surface area contributed by atoms with Gasteiger partial charge in [-0.1, -0.05) is 23.2 Å². The van der Waals surface area contributed by atoms with Gasteiger partial charge in [-0.3, -0.25) is 4.90 Å². The van der Waals surface area contributed by atoms with Crippen molar-refractivity contribution >= 4 is 29.0 Å². The number of rotatable bonds is 3. The van der Waals surface area contributed by atoms with E-state index < -0.39 is 0 Å². The average Bonchev–Trinajstić information content (AvgIpc) is 3.19. The third-order valence-corrected chi connectivity index (χ3v) is 6.45. The quantitative estimate of drug-likeness (QED) is 0.860. The number of anilines is 1. The Hall–Kier alpha value is -1.43. The van der Waals surface area contributed by atoms with Crippen LogP contribution < -0.4 is 4.90 Å². The highest BCUT2D eigenvalue weighted by molar-refractivity contribution is 6.42. The number of aromatic hydroxyl groups is 1. The van der Waals surface area contributed by atoms with Crippen LogP contribution in [0, 0.1) is 0 Å². The molecule has 1 aromatic heterocycles. The molecule has 2 aliphatic rings. The standard InChI is InChI=1S/C19H24Cl2N4O/c1-12(2)23-5-7-24(8-6-23)17-10-22-16-9-13(11-25(16)17)18-15(26)4-3-14(20)19(18)21/h3-4,10,12-13,26H,5-9,11H2,1-2H3. The van der Waals surface area contributed by atoms with Gasteiger partial charge in [0.2, 0.25) is 0 Å². The van der Waals surface area contributed by atoms with E-state index in [1.165, 1.54) is 5.82 Å². The summed E-state index contributed by atoms with van der Waals surface area (Å²) < 4.78 is 2.27. The van der Waals surface area contributed by atoms with Gasteiger partial charge in [0.1, 0.15) is 17.4 Å². The zero-order valence-corrected chi connectivity index (χ0v) is 16.6. The normalized spacial score (nSPS) is 20.8. The van der Waals surface area contributed by atoms with Crippen molar-refractivity contribution in [1.29, 1.82) is 0 Å². The first kappa shape index (κ1) is 18.0. The number of halogens is 2. The van der Waals surface area contributed by atoms with Crippen molar-refractivity contribution in [3.63, 3.8) is 0 Å². The van der Waals surface area contributed by atoms with Crippen molar-refractivity contribution in [2.24, 2.45) is 0 Å². The third kappa shape index (κ3) is 3.06. The van der Waals surface area contributed by atoms with Crippen LogP contribution >= 0.6 is 23.2 Å². The van der Waals surface area contributed by atoms with Crippen LogP contribution in [0.15, 0.2) is 18.3 Å². The van der Waals surface area contributed by atoms with Gasteiger partial charge in [-0.15, -0.1) is 0 Å². The fraction of sp³-hybridized carbons (Fsp3) is 0.526. The second-order valence-electron chi connectivity index (χ2n) is 7.46. The highest BCUT2D eigenvalue weighted by atomic mass is 35.5. The Morgan fingerprint density at radius 1 is 1.15 bits per heavy atom. The molecule has 0 spiro atoms. The lowest BCUT2D eigenvalue weighted by Gasteiger charge is -2.38. The summed E-state index contributed by atoms with van der Waals surface area (Å²) >= 11 is 12.5. The molecule has 0 amide bonds. The summed E-state index contributed by atoms with van der Waals surface area (Å²) in [4.78, 5) is 9.55. The molecule has 1 saturated heterocycles. The number of hydrogen-bond acceptors (Lipinski definition) is 4. The summed E-state index contributed by atoms with van der Waals surface area (Å²) in [7, 11) is 0. The number of phenols is 1. The molecule has 26 heavy (non-hydrogen) atoms. The van der Waals surface area contributed by atoms with E-state index in [9.17, 15) is 5.11 Å². The molecule has 4 rings (SSSR count). The van der Waals surface area contributed by atoms with Crippen LogP contribution in [0.3, 0.4) is 0 Å². The SMILES string of the molecule is CC(C)N1CCN(c2cnc3n2CC(c2c(O)ccc(Cl)c2Cl)C3)CC1. The molecule has 0 saturated carbocycles. The predicted octanol–water partition coefficient (Wildman–Crippen LogP) is 3.77. The van der Waals surface area contributed by atoms with Crippen molar-refractivity contribution in [3.05, 3.63) is 39.8 Å². The molecule has 5 nitrogen and oxygen atoms in total. The first-order valence-electron chi connectivity index (χ1n) is 9.16. The molecule has 0 bridgehead atoms. The number of phenolic OH excluding ortho intramolecular Hbond substituents is 1. The van der Waals surface area contributed by atoms with Crippen LogP contribution in [0.5, 0.6) is 5.75 Å². The lowest BCUT2D eigenvalue weighted by molar-refractivity contribution is 0.208. The third-order valence-electron chi connectivity index (χ3n) is 5.64. The number of nitrogens with zero attached hydrogens (tertiary/aromatic N) is 4. The average molecular weight is 395 g/mol. The minimum absolute atomic E-state index is 0.0978. The zero-order valence-electron chi connectivity index (χ0n) is 15.1. The van der Waals surface area contributed by atoms with Gasteiger partial charge in [-0.2, -0.15) is 0 Å². The fourth-order valence-corrected chi connectivity index (χ4v) is 4.61. The monoisotopic (exact) mass is 394 g/mol. The summed E-state index contributed by atoms with van der Waals surface area (Å²) in [6.45, 7) is 9.43. The Kier molecular flexibility index (Phi) is 4.80. The highest BCUT2D eigenvalue weighted by Crippen LogP contribution is 2.42. The van der Waals surface area contributed by atoms with E-state index in [4.69, 9.17) is 23.2 Å². The number of imidazole rings is 1. The molecule has 1 atom stereocenters. The van der Waals surface area contributed by atoms with E-state index >= 15 is 0 Å². The molecule has 3 heterocycles. The minimum Gasteiger partial charge on any atom is -0.508 e. The van der Waals surface area contributed by atoms with Crippen LogP contribution in [0.2, 0.25) is 10.0 Å². The molecule has 0 aliphatic carbocycles. The number of hydrogen-bond donors (Lipinski definition) is 1. The maximum atomic E-state index is 10.3. The largest absolute Gasteiger partial charge is 0.508 e. The van der Waals surface area contributed by atoms with Gasteiger partial charge in [0.15, 0.2) is 0 Å². The van der Waals surface area contributed by atoms with Crippen LogP contribution in [-0.4, -0.2) is 51.8 Å². The Bertz CT molecular complexity index is 812. The van der Waals surface area contributed by atoms with Crippen LogP contribution in [0.25, 0.3) is 0 Å². The van der Waals surface area contributed by atoms with E-state index in [0.29, 0.717) is 16.1 Å². The second-order valence-corrected chi connectivity index (χ2v) is 8.24. The lowest BCUT2D eigenvalue weighted by Crippen LogP contribution is -2.49. The summed E-state index contributed by atoms with van der Waals surface area (Å²) in [5.41, 5.74) is 0.736. The van der Waals surface area contributed by atoms with E-state index in [1.54, 1.807) is 12.1 Å². The zero-order chi connectivity index (χ0) is 18.4. The van der Waals surface area contributed by atoms with E-state index in [0.717, 1.165) is 50.5 Å². The van der Waals surface area contributed by atoms with Crippen LogP contribution in [0.1, 0.15) is 31.2 Å². The molecule has 0 radical (unpaired) electrons. The van der Waals surface area contributed by atoms with Gasteiger partial charge in [-0.05, 0) is 26.0 Å². The van der Waals surface area contributed by atoms with Crippen molar-refractivity contribution in [3.8, 4) is 5.75 Å². The van der Waals surface area contributed by atoms with E-state index in [-0.39, 0.29) is 11.7 Å². The second kappa shape index (κ2) is 6.95. The summed E-state index contributed by atoms with van der Waals surface area (Å²) in [5.74, 6) is 2.53. The number of fused-ring (bicyclic) bond motifs is 1. The summed E-state index contributed by atoms with van der Waals surface area (Å²) in [6.07, 6.45) is 2.75. The predicted molar refractivity (Wildman–Crippen MR) is 106 cm³/mol. The molecular formula is C19H24Cl2N4O. The van der Waals surface area contributed by atoms with Crippen molar-refractivity contribution in [2.75, 3.05) is 31.1 Å². The molecule has 1 aromatic carbocycles. The number of benzene rings is 1. The highest BCUT2D eigenvalue weighted by Gasteiger charge is 2.32. The fourth-order valence-electron chi connectivity index (χ4n) is 4.13. The summed E-state index contributed by atoms with van der Waals surface area (Å²) in [6, 6.07) is 3.85. The maximum absolute atomic E-state index is 10.3. The Morgan fingerprint density at radius 3 is 2.58 bits per heavy atom.